The normalized spacial score (nSPS) is 11.4. The van der Waals surface area contributed by atoms with Gasteiger partial charge in [0, 0.05) is 6.42 Å². The van der Waals surface area contributed by atoms with Gasteiger partial charge in [-0.2, -0.15) is 0 Å². The van der Waals surface area contributed by atoms with E-state index in [-0.39, 0.29) is 17.0 Å². The molecule has 0 saturated heterocycles. The summed E-state index contributed by atoms with van der Waals surface area (Å²) in [5, 5.41) is 27.9. The summed E-state index contributed by atoms with van der Waals surface area (Å²) in [6, 6.07) is 12.2. The maximum absolute atomic E-state index is 11.4. The van der Waals surface area contributed by atoms with E-state index in [1.807, 2.05) is 24.3 Å². The predicted molar refractivity (Wildman–Crippen MR) is 109 cm³/mol. The van der Waals surface area contributed by atoms with E-state index in [1.54, 1.807) is 13.8 Å². The molecule has 0 radical (unpaired) electrons. The average Bonchev–Trinajstić information content (AvgIpc) is 2.58. The summed E-state index contributed by atoms with van der Waals surface area (Å²) in [7, 11) is 0. The minimum atomic E-state index is -1.06. The SMILES string of the molecule is CCc1ccc(CN(C(=N)Br)C(=N)CC(C)(C)C(=O)O)c2ccccc12. The number of nitrogens with one attached hydrogen (secondary N) is 2. The molecule has 2 aromatic rings. The molecule has 5 nitrogen and oxygen atoms in total. The van der Waals surface area contributed by atoms with Crippen LogP contribution in [0.2, 0.25) is 0 Å². The molecule has 0 aliphatic carbocycles. The van der Waals surface area contributed by atoms with Crippen molar-refractivity contribution in [2.45, 2.75) is 40.2 Å². The van der Waals surface area contributed by atoms with Crippen LogP contribution < -0.4 is 0 Å². The predicted octanol–water partition coefficient (Wildman–Crippen LogP) is 5.01. The molecule has 0 heterocycles. The van der Waals surface area contributed by atoms with Gasteiger partial charge >= 0.3 is 5.97 Å². The fourth-order valence-corrected chi connectivity index (χ4v) is 3.25. The van der Waals surface area contributed by atoms with Crippen molar-refractivity contribution in [1.29, 1.82) is 10.8 Å². The lowest BCUT2D eigenvalue weighted by Crippen LogP contribution is -2.37. The topological polar surface area (TPSA) is 88.2 Å². The zero-order valence-electron chi connectivity index (χ0n) is 15.3. The summed E-state index contributed by atoms with van der Waals surface area (Å²) in [5.41, 5.74) is 1.19. The van der Waals surface area contributed by atoms with Crippen molar-refractivity contribution in [2.75, 3.05) is 0 Å². The third kappa shape index (κ3) is 4.30. The molecule has 3 N–H and O–H groups in total. The highest BCUT2D eigenvalue weighted by molar-refractivity contribution is 9.18. The second-order valence-corrected chi connectivity index (χ2v) is 7.72. The van der Waals surface area contributed by atoms with E-state index in [1.165, 1.54) is 15.8 Å². The van der Waals surface area contributed by atoms with Gasteiger partial charge in [-0.3, -0.25) is 15.6 Å². The Morgan fingerprint density at radius 1 is 1.12 bits per heavy atom. The monoisotopic (exact) mass is 417 g/mol. The first kappa shape index (κ1) is 20.1. The molecule has 0 aliphatic heterocycles. The number of rotatable bonds is 6. The standard InChI is InChI=1S/C20H24BrN3O2/c1-4-13-9-10-14(16-8-6-5-7-15(13)16)12-24(19(21)23)17(22)11-20(2,3)18(25)26/h5-10,22-23H,4,11-12H2,1-3H3,(H,25,26). The third-order valence-corrected chi connectivity index (χ3v) is 4.99. The number of aryl methyl sites for hydroxylation is 1. The fraction of sp³-hybridized carbons (Fsp3) is 0.350. The van der Waals surface area contributed by atoms with Crippen molar-refractivity contribution in [3.63, 3.8) is 0 Å². The first-order valence-corrected chi connectivity index (χ1v) is 9.28. The molecule has 0 amide bonds. The molecule has 0 saturated carbocycles. The summed E-state index contributed by atoms with van der Waals surface area (Å²) in [6.45, 7) is 5.63. The molecule has 0 atom stereocenters. The molecule has 0 bridgehead atoms. The molecule has 138 valence electrons. The van der Waals surface area contributed by atoms with Gasteiger partial charge in [0.05, 0.1) is 12.0 Å². The Bertz CT molecular complexity index is 861. The number of carboxylic acid groups (broad SMARTS) is 1. The molecule has 2 rings (SSSR count). The number of nitrogens with zero attached hydrogens (tertiary/aromatic N) is 1. The number of fused-ring (bicyclic) bond motifs is 1. The third-order valence-electron chi connectivity index (χ3n) is 4.57. The number of carboxylic acids is 1. The second-order valence-electron chi connectivity index (χ2n) is 6.97. The number of benzene rings is 2. The van der Waals surface area contributed by atoms with Crippen LogP contribution in [0.3, 0.4) is 0 Å². The molecule has 26 heavy (non-hydrogen) atoms. The van der Waals surface area contributed by atoms with E-state index in [0.29, 0.717) is 6.54 Å². The average molecular weight is 418 g/mol. The Labute approximate surface area is 162 Å². The van der Waals surface area contributed by atoms with Crippen LogP contribution in [-0.4, -0.2) is 26.6 Å². The summed E-state index contributed by atoms with van der Waals surface area (Å²) < 4.78 is 0.0485. The van der Waals surface area contributed by atoms with Crippen molar-refractivity contribution < 1.29 is 9.90 Å². The van der Waals surface area contributed by atoms with Gasteiger partial charge in [-0.15, -0.1) is 0 Å². The highest BCUT2D eigenvalue weighted by Crippen LogP contribution is 2.27. The van der Waals surface area contributed by atoms with Crippen LogP contribution in [0, 0.1) is 16.2 Å². The Balaban J connectivity index is 2.37. The van der Waals surface area contributed by atoms with E-state index in [2.05, 4.69) is 35.0 Å². The zero-order chi connectivity index (χ0) is 19.5. The lowest BCUT2D eigenvalue weighted by atomic mass is 9.88. The molecule has 0 aliphatic rings. The Morgan fingerprint density at radius 2 is 1.65 bits per heavy atom. The summed E-state index contributed by atoms with van der Waals surface area (Å²) in [6.07, 6.45) is 0.975. The molecule has 2 aromatic carbocycles. The van der Waals surface area contributed by atoms with Gasteiger partial charge in [0.1, 0.15) is 5.84 Å². The number of carbonyl (C=O) groups is 1. The number of aliphatic carboxylic acids is 1. The largest absolute Gasteiger partial charge is 0.481 e. The Morgan fingerprint density at radius 3 is 2.15 bits per heavy atom. The minimum absolute atomic E-state index is 0.0429. The number of halogens is 1. The highest BCUT2D eigenvalue weighted by Gasteiger charge is 2.31. The van der Waals surface area contributed by atoms with E-state index < -0.39 is 11.4 Å². The zero-order valence-corrected chi connectivity index (χ0v) is 16.9. The maximum Gasteiger partial charge on any atom is 0.309 e. The van der Waals surface area contributed by atoms with E-state index in [9.17, 15) is 9.90 Å². The molecule has 0 fully saturated rings. The van der Waals surface area contributed by atoms with E-state index >= 15 is 0 Å². The molecular weight excluding hydrogens is 394 g/mol. The molecule has 0 aromatic heterocycles. The van der Waals surface area contributed by atoms with Crippen LogP contribution in [-0.2, 0) is 17.8 Å². The van der Waals surface area contributed by atoms with Crippen LogP contribution in [0.4, 0.5) is 0 Å². The van der Waals surface area contributed by atoms with Gasteiger partial charge in [0.25, 0.3) is 0 Å². The maximum atomic E-state index is 11.4. The number of amidine groups is 2. The number of hydrogen-bond acceptors (Lipinski definition) is 3. The van der Waals surface area contributed by atoms with Crippen molar-refractivity contribution in [2.24, 2.45) is 5.41 Å². The van der Waals surface area contributed by atoms with Gasteiger partial charge in [-0.1, -0.05) is 43.3 Å². The van der Waals surface area contributed by atoms with Gasteiger partial charge in [-0.05, 0) is 58.1 Å². The molecule has 0 unspecified atom stereocenters. The van der Waals surface area contributed by atoms with Crippen molar-refractivity contribution in [3.05, 3.63) is 47.5 Å². The molecule has 0 spiro atoms. The van der Waals surface area contributed by atoms with Crippen molar-refractivity contribution >= 4 is 43.3 Å². The fourth-order valence-electron chi connectivity index (χ4n) is 2.91. The van der Waals surface area contributed by atoms with Crippen LogP contribution >= 0.6 is 15.9 Å². The van der Waals surface area contributed by atoms with Crippen LogP contribution in [0.1, 0.15) is 38.3 Å². The van der Waals surface area contributed by atoms with Gasteiger partial charge < -0.3 is 10.0 Å². The Hall–Kier alpha value is -2.21. The van der Waals surface area contributed by atoms with Crippen LogP contribution in [0.5, 0.6) is 0 Å². The van der Waals surface area contributed by atoms with Gasteiger partial charge in [-0.25, -0.2) is 0 Å². The minimum Gasteiger partial charge on any atom is -0.481 e. The Kier molecular flexibility index (Phi) is 6.18. The summed E-state index contributed by atoms with van der Waals surface area (Å²) in [5.74, 6) is -0.857. The van der Waals surface area contributed by atoms with Crippen molar-refractivity contribution in [3.8, 4) is 0 Å². The van der Waals surface area contributed by atoms with E-state index in [0.717, 1.165) is 17.4 Å². The number of hydrogen-bond donors (Lipinski definition) is 3. The lowest BCUT2D eigenvalue weighted by molar-refractivity contribution is -0.146. The van der Waals surface area contributed by atoms with E-state index in [4.69, 9.17) is 10.8 Å². The molecular formula is C20H24BrN3O2. The highest BCUT2D eigenvalue weighted by atomic mass is 79.9. The quantitative estimate of drug-likeness (QED) is 0.350. The van der Waals surface area contributed by atoms with Gasteiger partial charge in [0.15, 0.2) is 4.74 Å². The summed E-state index contributed by atoms with van der Waals surface area (Å²) in [4.78, 5) is 12.9. The van der Waals surface area contributed by atoms with Crippen molar-refractivity contribution in [1.82, 2.24) is 4.90 Å². The molecule has 6 heteroatoms. The van der Waals surface area contributed by atoms with Crippen LogP contribution in [0.15, 0.2) is 36.4 Å². The smallest absolute Gasteiger partial charge is 0.309 e. The van der Waals surface area contributed by atoms with Gasteiger partial charge in [0.2, 0.25) is 0 Å². The second kappa shape index (κ2) is 7.99. The van der Waals surface area contributed by atoms with Crippen LogP contribution in [0.25, 0.3) is 10.8 Å². The first-order chi connectivity index (χ1) is 12.2. The first-order valence-electron chi connectivity index (χ1n) is 8.49. The summed E-state index contributed by atoms with van der Waals surface area (Å²) >= 11 is 3.16. The lowest BCUT2D eigenvalue weighted by Gasteiger charge is -2.28.